The maximum absolute atomic E-state index is 12.5. The molecule has 0 bridgehead atoms. The van der Waals surface area contributed by atoms with Crippen LogP contribution in [0.5, 0.6) is 0 Å². The van der Waals surface area contributed by atoms with Crippen molar-refractivity contribution >= 4 is 11.9 Å². The number of hydrogen-bond donors (Lipinski definition) is 1. The number of hydrogen-bond acceptors (Lipinski definition) is 5. The van der Waals surface area contributed by atoms with Crippen LogP contribution >= 0.6 is 0 Å². The number of ether oxygens (including phenoxy) is 2. The largest absolute Gasteiger partial charge is 0.467 e. The maximum Gasteiger partial charge on any atom is 0.332 e. The SMILES string of the molecule is COC(=O)C1(NC(=O)COC(C)C)CCCN(Cc2ccccc2)C1. The molecule has 1 aliphatic heterocycles. The van der Waals surface area contributed by atoms with Crippen molar-refractivity contribution in [1.29, 1.82) is 0 Å². The molecule has 138 valence electrons. The molecule has 0 saturated carbocycles. The number of amides is 1. The van der Waals surface area contributed by atoms with Gasteiger partial charge in [-0.3, -0.25) is 9.69 Å². The maximum atomic E-state index is 12.5. The van der Waals surface area contributed by atoms with Crippen LogP contribution in [0.3, 0.4) is 0 Å². The van der Waals surface area contributed by atoms with Crippen LogP contribution in [-0.4, -0.2) is 55.2 Å². The van der Waals surface area contributed by atoms with Crippen LogP contribution in [-0.2, 0) is 25.6 Å². The molecule has 1 N–H and O–H groups in total. The molecule has 25 heavy (non-hydrogen) atoms. The molecule has 6 heteroatoms. The summed E-state index contributed by atoms with van der Waals surface area (Å²) in [6.07, 6.45) is 1.34. The number of carbonyl (C=O) groups excluding carboxylic acids is 2. The molecule has 1 atom stereocenters. The van der Waals surface area contributed by atoms with Gasteiger partial charge in [-0.15, -0.1) is 0 Å². The molecule has 0 radical (unpaired) electrons. The summed E-state index contributed by atoms with van der Waals surface area (Å²) in [4.78, 5) is 26.9. The van der Waals surface area contributed by atoms with E-state index in [2.05, 4.69) is 22.3 Å². The first-order valence-corrected chi connectivity index (χ1v) is 8.72. The van der Waals surface area contributed by atoms with E-state index in [-0.39, 0.29) is 18.6 Å². The van der Waals surface area contributed by atoms with Gasteiger partial charge in [0, 0.05) is 13.1 Å². The number of benzene rings is 1. The smallest absolute Gasteiger partial charge is 0.332 e. The minimum absolute atomic E-state index is 0.0410. The first kappa shape index (κ1) is 19.4. The summed E-state index contributed by atoms with van der Waals surface area (Å²) in [5.41, 5.74) is 0.164. The van der Waals surface area contributed by atoms with E-state index in [0.717, 1.165) is 19.5 Å². The number of rotatable bonds is 7. The molecule has 6 nitrogen and oxygen atoms in total. The van der Waals surface area contributed by atoms with E-state index in [1.54, 1.807) is 0 Å². The van der Waals surface area contributed by atoms with Crippen molar-refractivity contribution in [3.63, 3.8) is 0 Å². The Labute approximate surface area is 149 Å². The molecular formula is C19H28N2O4. The van der Waals surface area contributed by atoms with Crippen LogP contribution in [0.15, 0.2) is 30.3 Å². The number of likely N-dealkylation sites (tertiary alicyclic amines) is 1. The first-order valence-electron chi connectivity index (χ1n) is 8.72. The van der Waals surface area contributed by atoms with E-state index in [1.807, 2.05) is 32.0 Å². The van der Waals surface area contributed by atoms with Gasteiger partial charge in [0.25, 0.3) is 0 Å². The summed E-state index contributed by atoms with van der Waals surface area (Å²) in [7, 11) is 1.36. The Morgan fingerprint density at radius 2 is 2.00 bits per heavy atom. The van der Waals surface area contributed by atoms with E-state index in [9.17, 15) is 9.59 Å². The van der Waals surface area contributed by atoms with Gasteiger partial charge in [-0.25, -0.2) is 4.79 Å². The zero-order valence-corrected chi connectivity index (χ0v) is 15.3. The molecule has 1 aliphatic rings. The van der Waals surface area contributed by atoms with Gasteiger partial charge in [0.2, 0.25) is 5.91 Å². The van der Waals surface area contributed by atoms with Crippen molar-refractivity contribution in [3.8, 4) is 0 Å². The quantitative estimate of drug-likeness (QED) is 0.760. The predicted molar refractivity (Wildman–Crippen MR) is 94.9 cm³/mol. The highest BCUT2D eigenvalue weighted by Gasteiger charge is 2.44. The van der Waals surface area contributed by atoms with Crippen LogP contribution in [0.1, 0.15) is 32.3 Å². The molecule has 1 heterocycles. The van der Waals surface area contributed by atoms with E-state index >= 15 is 0 Å². The molecular weight excluding hydrogens is 320 g/mol. The van der Waals surface area contributed by atoms with Crippen molar-refractivity contribution in [2.45, 2.75) is 44.9 Å². The number of nitrogens with one attached hydrogen (secondary N) is 1. The Morgan fingerprint density at radius 1 is 1.28 bits per heavy atom. The van der Waals surface area contributed by atoms with Crippen molar-refractivity contribution in [1.82, 2.24) is 10.2 Å². The zero-order chi connectivity index (χ0) is 18.3. The van der Waals surface area contributed by atoms with Crippen molar-refractivity contribution in [3.05, 3.63) is 35.9 Å². The number of carbonyl (C=O) groups is 2. The number of piperidine rings is 1. The Morgan fingerprint density at radius 3 is 2.64 bits per heavy atom. The third-order valence-electron chi connectivity index (χ3n) is 4.32. The van der Waals surface area contributed by atoms with E-state index < -0.39 is 11.5 Å². The average Bonchev–Trinajstić information content (AvgIpc) is 2.60. The topological polar surface area (TPSA) is 67.9 Å². The minimum atomic E-state index is -1.01. The Bertz CT molecular complexity index is 576. The molecule has 1 amide bonds. The van der Waals surface area contributed by atoms with Crippen LogP contribution < -0.4 is 5.32 Å². The second-order valence-corrected chi connectivity index (χ2v) is 6.78. The fourth-order valence-corrected chi connectivity index (χ4v) is 3.18. The van der Waals surface area contributed by atoms with Crippen molar-refractivity contribution in [2.75, 3.05) is 26.8 Å². The van der Waals surface area contributed by atoms with Crippen molar-refractivity contribution < 1.29 is 19.1 Å². The third-order valence-corrected chi connectivity index (χ3v) is 4.32. The van der Waals surface area contributed by atoms with Gasteiger partial charge in [-0.2, -0.15) is 0 Å². The zero-order valence-electron chi connectivity index (χ0n) is 15.3. The average molecular weight is 348 g/mol. The lowest BCUT2D eigenvalue weighted by atomic mass is 9.88. The lowest BCUT2D eigenvalue weighted by Gasteiger charge is -2.41. The Kier molecular flexibility index (Phi) is 6.96. The normalized spacial score (nSPS) is 21.1. The summed E-state index contributed by atoms with van der Waals surface area (Å²) in [6.45, 7) is 5.72. The highest BCUT2D eigenvalue weighted by Crippen LogP contribution is 2.24. The number of esters is 1. The summed E-state index contributed by atoms with van der Waals surface area (Å²) in [5.74, 6) is -0.691. The van der Waals surface area contributed by atoms with Gasteiger partial charge in [0.1, 0.15) is 6.61 Å². The molecule has 0 spiro atoms. The molecule has 2 rings (SSSR count). The standard InChI is InChI=1S/C19H28N2O4/c1-15(2)25-13-17(22)20-19(18(23)24-3)10-7-11-21(14-19)12-16-8-5-4-6-9-16/h4-6,8-9,15H,7,10-14H2,1-3H3,(H,20,22). The summed E-state index contributed by atoms with van der Waals surface area (Å²) in [6, 6.07) is 10.1. The minimum Gasteiger partial charge on any atom is -0.467 e. The lowest BCUT2D eigenvalue weighted by molar-refractivity contribution is -0.154. The Balaban J connectivity index is 2.07. The summed E-state index contributed by atoms with van der Waals surface area (Å²) >= 11 is 0. The van der Waals surface area contributed by atoms with Gasteiger partial charge in [0.05, 0.1) is 13.2 Å². The van der Waals surface area contributed by atoms with E-state index in [4.69, 9.17) is 9.47 Å². The molecule has 1 aromatic rings. The Hall–Kier alpha value is -1.92. The number of nitrogens with zero attached hydrogens (tertiary/aromatic N) is 1. The van der Waals surface area contributed by atoms with E-state index in [0.29, 0.717) is 13.0 Å². The van der Waals surface area contributed by atoms with Crippen molar-refractivity contribution in [2.24, 2.45) is 0 Å². The van der Waals surface area contributed by atoms with Gasteiger partial charge in [0.15, 0.2) is 5.54 Å². The first-order chi connectivity index (χ1) is 11.9. The second kappa shape index (κ2) is 8.97. The van der Waals surface area contributed by atoms with Gasteiger partial charge in [-0.05, 0) is 38.8 Å². The fraction of sp³-hybridized carbons (Fsp3) is 0.579. The molecule has 0 aliphatic carbocycles. The molecule has 1 fully saturated rings. The molecule has 1 saturated heterocycles. The highest BCUT2D eigenvalue weighted by molar-refractivity contribution is 5.89. The summed E-state index contributed by atoms with van der Waals surface area (Å²) < 4.78 is 10.3. The molecule has 0 aromatic heterocycles. The third kappa shape index (κ3) is 5.54. The monoisotopic (exact) mass is 348 g/mol. The summed E-state index contributed by atoms with van der Waals surface area (Å²) in [5, 5.41) is 2.87. The lowest BCUT2D eigenvalue weighted by Crippen LogP contribution is -2.64. The van der Waals surface area contributed by atoms with Gasteiger partial charge >= 0.3 is 5.97 Å². The number of methoxy groups -OCH3 is 1. The van der Waals surface area contributed by atoms with Crippen LogP contribution in [0, 0.1) is 0 Å². The predicted octanol–water partition coefficient (Wildman–Crippen LogP) is 1.74. The van der Waals surface area contributed by atoms with Gasteiger partial charge < -0.3 is 14.8 Å². The second-order valence-electron chi connectivity index (χ2n) is 6.78. The fourth-order valence-electron chi connectivity index (χ4n) is 3.18. The van der Waals surface area contributed by atoms with Crippen LogP contribution in [0.4, 0.5) is 0 Å². The van der Waals surface area contributed by atoms with E-state index in [1.165, 1.54) is 12.7 Å². The van der Waals surface area contributed by atoms with Gasteiger partial charge in [-0.1, -0.05) is 30.3 Å². The van der Waals surface area contributed by atoms with Crippen LogP contribution in [0.2, 0.25) is 0 Å². The highest BCUT2D eigenvalue weighted by atomic mass is 16.5. The van der Waals surface area contributed by atoms with Crippen LogP contribution in [0.25, 0.3) is 0 Å². The molecule has 1 aromatic carbocycles. The molecule has 1 unspecified atom stereocenters.